The number of hydrogen-bond acceptors (Lipinski definition) is 3. The van der Waals surface area contributed by atoms with Crippen molar-refractivity contribution in [3.8, 4) is 5.75 Å². The molecule has 2 unspecified atom stereocenters. The van der Waals surface area contributed by atoms with Crippen LogP contribution in [0.5, 0.6) is 5.75 Å². The predicted octanol–water partition coefficient (Wildman–Crippen LogP) is 4.06. The molecule has 2 N–H and O–H groups in total. The van der Waals surface area contributed by atoms with Crippen molar-refractivity contribution in [3.63, 3.8) is 0 Å². The summed E-state index contributed by atoms with van der Waals surface area (Å²) in [6, 6.07) is 7.52. The van der Waals surface area contributed by atoms with Crippen molar-refractivity contribution in [1.29, 1.82) is 0 Å². The zero-order valence-electron chi connectivity index (χ0n) is 12.6. The van der Waals surface area contributed by atoms with Gasteiger partial charge < -0.3 is 9.84 Å². The molecule has 0 spiro atoms. The molecule has 0 aliphatic carbocycles. The minimum absolute atomic E-state index is 0.175. The van der Waals surface area contributed by atoms with Crippen molar-refractivity contribution in [2.24, 2.45) is 0 Å². The lowest BCUT2D eigenvalue weighted by atomic mass is 10.1. The van der Waals surface area contributed by atoms with Crippen LogP contribution in [0.15, 0.2) is 42.5 Å². The van der Waals surface area contributed by atoms with Crippen LogP contribution in [0, 0.1) is 0 Å². The molecule has 8 heteroatoms. The maximum absolute atomic E-state index is 13.5. The first-order valence-corrected chi connectivity index (χ1v) is 7.12. The van der Waals surface area contributed by atoms with E-state index in [0.29, 0.717) is 5.39 Å². The van der Waals surface area contributed by atoms with Gasteiger partial charge in [0, 0.05) is 5.39 Å². The fourth-order valence-corrected chi connectivity index (χ4v) is 2.19. The molecule has 2 aromatic rings. The highest BCUT2D eigenvalue weighted by Crippen LogP contribution is 2.31. The van der Waals surface area contributed by atoms with Crippen molar-refractivity contribution in [2.75, 3.05) is 0 Å². The Kier molecular flexibility index (Phi) is 5.29. The van der Waals surface area contributed by atoms with E-state index in [-0.39, 0.29) is 5.75 Å². The fourth-order valence-electron chi connectivity index (χ4n) is 2.19. The number of nitrogens with one attached hydrogen (secondary N) is 1. The van der Waals surface area contributed by atoms with Crippen LogP contribution in [0.25, 0.3) is 10.8 Å². The van der Waals surface area contributed by atoms with Crippen molar-refractivity contribution >= 4 is 10.8 Å². The Morgan fingerprint density at radius 3 is 2.29 bits per heavy atom. The minimum atomic E-state index is -5.06. The van der Waals surface area contributed by atoms with Gasteiger partial charge in [-0.15, -0.1) is 0 Å². The van der Waals surface area contributed by atoms with E-state index in [9.17, 15) is 27.1 Å². The molecule has 2 rings (SSSR count). The molecule has 0 aliphatic heterocycles. The topological polar surface area (TPSA) is 41.5 Å². The summed E-state index contributed by atoms with van der Waals surface area (Å²) >= 11 is 0. The first kappa shape index (κ1) is 18.4. The molecule has 0 saturated heterocycles. The van der Waals surface area contributed by atoms with Crippen LogP contribution in [-0.4, -0.2) is 29.7 Å². The van der Waals surface area contributed by atoms with E-state index in [1.165, 1.54) is 11.4 Å². The number of aliphatic hydroxyl groups is 1. The highest BCUT2D eigenvalue weighted by Gasteiger charge is 2.45. The zero-order valence-corrected chi connectivity index (χ0v) is 12.6. The molecule has 24 heavy (non-hydrogen) atoms. The average molecular weight is 349 g/mol. The summed E-state index contributed by atoms with van der Waals surface area (Å²) in [5, 5.41) is 12.4. The molecule has 0 radical (unpaired) electrons. The third-order valence-corrected chi connectivity index (χ3v) is 3.22. The van der Waals surface area contributed by atoms with E-state index in [1.54, 1.807) is 36.4 Å². The van der Waals surface area contributed by atoms with Gasteiger partial charge in [0.25, 0.3) is 0 Å². The Labute approximate surface area is 135 Å². The molecule has 3 nitrogen and oxygen atoms in total. The van der Waals surface area contributed by atoms with Gasteiger partial charge in [0.2, 0.25) is 0 Å². The largest absolute Gasteiger partial charge is 0.472 e. The van der Waals surface area contributed by atoms with E-state index in [4.69, 9.17) is 4.74 Å². The van der Waals surface area contributed by atoms with Gasteiger partial charge >= 0.3 is 12.2 Å². The molecule has 0 heterocycles. The van der Waals surface area contributed by atoms with E-state index in [2.05, 4.69) is 0 Å². The number of hydrogen-bond donors (Lipinski definition) is 2. The van der Waals surface area contributed by atoms with Gasteiger partial charge in [0.15, 0.2) is 6.23 Å². The summed E-state index contributed by atoms with van der Waals surface area (Å²) in [6.07, 6.45) is -10.6. The van der Waals surface area contributed by atoms with Crippen LogP contribution >= 0.6 is 0 Å². The van der Waals surface area contributed by atoms with E-state index in [0.717, 1.165) is 12.3 Å². The third kappa shape index (κ3) is 5.04. The summed E-state index contributed by atoms with van der Waals surface area (Å²) in [5.41, 5.74) is 0. The highest BCUT2D eigenvalue weighted by atomic mass is 19.4. The maximum Gasteiger partial charge on any atom is 0.396 e. The van der Waals surface area contributed by atoms with Gasteiger partial charge in [0.05, 0.1) is 0 Å². The Balaban J connectivity index is 2.22. The average Bonchev–Trinajstić information content (AvgIpc) is 2.44. The van der Waals surface area contributed by atoms with Crippen molar-refractivity contribution in [1.82, 2.24) is 5.32 Å². The maximum atomic E-state index is 13.5. The lowest BCUT2D eigenvalue weighted by Crippen LogP contribution is -2.53. The Bertz CT molecular complexity index is 682. The standard InChI is InChI=1S/C16H16F5NO2/c1-10(23)14(22-16(20,21)9-15(17,18)19)24-13-8-4-6-11-5-2-3-7-12(11)13/h2-8,10,14,22-23H,9H2,1H3. The van der Waals surface area contributed by atoms with E-state index in [1.807, 2.05) is 0 Å². The molecular formula is C16H16F5NO2. The van der Waals surface area contributed by atoms with E-state index >= 15 is 0 Å². The van der Waals surface area contributed by atoms with Gasteiger partial charge in [-0.05, 0) is 18.4 Å². The molecule has 0 aromatic heterocycles. The number of benzene rings is 2. The minimum Gasteiger partial charge on any atom is -0.472 e. The second-order valence-electron chi connectivity index (χ2n) is 5.40. The molecule has 2 aromatic carbocycles. The Morgan fingerprint density at radius 2 is 1.67 bits per heavy atom. The predicted molar refractivity (Wildman–Crippen MR) is 78.8 cm³/mol. The molecule has 0 aliphatic rings. The number of rotatable bonds is 6. The monoisotopic (exact) mass is 349 g/mol. The smallest absolute Gasteiger partial charge is 0.396 e. The molecule has 0 bridgehead atoms. The van der Waals surface area contributed by atoms with Crippen molar-refractivity contribution in [2.45, 2.75) is 37.9 Å². The van der Waals surface area contributed by atoms with Crippen LogP contribution in [-0.2, 0) is 0 Å². The van der Waals surface area contributed by atoms with Crippen LogP contribution < -0.4 is 10.1 Å². The van der Waals surface area contributed by atoms with Crippen LogP contribution in [0.4, 0.5) is 22.0 Å². The molecule has 2 atom stereocenters. The highest BCUT2D eigenvalue weighted by molar-refractivity contribution is 5.88. The normalized spacial score (nSPS) is 15.3. The summed E-state index contributed by atoms with van der Waals surface area (Å²) in [7, 11) is 0. The molecule has 0 amide bonds. The molecule has 0 saturated carbocycles. The van der Waals surface area contributed by atoms with E-state index < -0.39 is 31.0 Å². The first-order chi connectivity index (χ1) is 11.1. The molecular weight excluding hydrogens is 333 g/mol. The zero-order chi connectivity index (χ0) is 18.0. The summed E-state index contributed by atoms with van der Waals surface area (Å²) < 4.78 is 69.0. The summed E-state index contributed by atoms with van der Waals surface area (Å²) in [5.74, 6) is 0.175. The van der Waals surface area contributed by atoms with Crippen molar-refractivity contribution in [3.05, 3.63) is 42.5 Å². The second-order valence-corrected chi connectivity index (χ2v) is 5.40. The molecule has 132 valence electrons. The van der Waals surface area contributed by atoms with Gasteiger partial charge in [0.1, 0.15) is 18.3 Å². The number of aliphatic hydroxyl groups excluding tert-OH is 1. The van der Waals surface area contributed by atoms with Gasteiger partial charge in [-0.1, -0.05) is 36.4 Å². The SMILES string of the molecule is CC(O)C(NC(F)(F)CC(F)(F)F)Oc1cccc2ccccc12. The summed E-state index contributed by atoms with van der Waals surface area (Å²) in [4.78, 5) is 0. The third-order valence-electron chi connectivity index (χ3n) is 3.22. The number of halogens is 5. The lowest BCUT2D eigenvalue weighted by Gasteiger charge is -2.28. The number of alkyl halides is 5. The lowest BCUT2D eigenvalue weighted by molar-refractivity contribution is -0.207. The van der Waals surface area contributed by atoms with Gasteiger partial charge in [-0.25, -0.2) is 5.32 Å². The fraction of sp³-hybridized carbons (Fsp3) is 0.375. The second kappa shape index (κ2) is 6.90. The Hall–Kier alpha value is -1.93. The summed E-state index contributed by atoms with van der Waals surface area (Å²) in [6.45, 7) is 1.15. The van der Waals surface area contributed by atoms with Crippen molar-refractivity contribution < 1.29 is 31.8 Å². The Morgan fingerprint density at radius 1 is 1.04 bits per heavy atom. The van der Waals surface area contributed by atoms with Gasteiger partial charge in [-0.3, -0.25) is 0 Å². The number of ether oxygens (including phenoxy) is 1. The molecule has 0 fully saturated rings. The van der Waals surface area contributed by atoms with Gasteiger partial charge in [-0.2, -0.15) is 22.0 Å². The van der Waals surface area contributed by atoms with Crippen LogP contribution in [0.2, 0.25) is 0 Å². The van der Waals surface area contributed by atoms with Crippen LogP contribution in [0.1, 0.15) is 13.3 Å². The quantitative estimate of drug-likeness (QED) is 0.469. The first-order valence-electron chi connectivity index (χ1n) is 7.12. The number of fused-ring (bicyclic) bond motifs is 1. The van der Waals surface area contributed by atoms with Crippen LogP contribution in [0.3, 0.4) is 0 Å².